The van der Waals surface area contributed by atoms with E-state index >= 15 is 0 Å². The molecule has 0 amide bonds. The van der Waals surface area contributed by atoms with Crippen LogP contribution in [0.1, 0.15) is 18.1 Å². The van der Waals surface area contributed by atoms with Crippen LogP contribution in [0, 0.1) is 6.92 Å². The molecule has 3 nitrogen and oxygen atoms in total. The number of hydrogen-bond donors (Lipinski definition) is 0. The Morgan fingerprint density at radius 2 is 2.33 bits per heavy atom. The SMILES string of the molecule is Cc1ccc2c(c1)OCC(C)(N=C=O)C2. The predicted octanol–water partition coefficient (Wildman–Crippen LogP) is 2.02. The number of carbonyl (C=O) groups excluding carboxylic acids is 1. The van der Waals surface area contributed by atoms with Crippen molar-refractivity contribution in [3.05, 3.63) is 29.3 Å². The van der Waals surface area contributed by atoms with Crippen LogP contribution < -0.4 is 4.74 Å². The minimum absolute atomic E-state index is 0.443. The normalized spacial score (nSPS) is 23.6. The van der Waals surface area contributed by atoms with E-state index in [4.69, 9.17) is 4.74 Å². The zero-order valence-electron chi connectivity index (χ0n) is 8.91. The van der Waals surface area contributed by atoms with Crippen LogP contribution in [-0.4, -0.2) is 18.2 Å². The topological polar surface area (TPSA) is 38.7 Å². The third kappa shape index (κ3) is 1.92. The Kier molecular flexibility index (Phi) is 2.33. The molecule has 2 rings (SSSR count). The summed E-state index contributed by atoms with van der Waals surface area (Å²) in [5.74, 6) is 0.911. The number of rotatable bonds is 1. The highest BCUT2D eigenvalue weighted by Crippen LogP contribution is 2.31. The molecule has 1 unspecified atom stereocenters. The Balaban J connectivity index is 2.35. The van der Waals surface area contributed by atoms with E-state index < -0.39 is 5.54 Å². The Morgan fingerprint density at radius 1 is 1.53 bits per heavy atom. The van der Waals surface area contributed by atoms with Crippen molar-refractivity contribution in [2.45, 2.75) is 25.8 Å². The van der Waals surface area contributed by atoms with Gasteiger partial charge in [-0.1, -0.05) is 12.1 Å². The zero-order valence-corrected chi connectivity index (χ0v) is 8.91. The van der Waals surface area contributed by atoms with Gasteiger partial charge in [0.2, 0.25) is 6.08 Å². The van der Waals surface area contributed by atoms with Crippen LogP contribution >= 0.6 is 0 Å². The van der Waals surface area contributed by atoms with Crippen LogP contribution in [0.4, 0.5) is 0 Å². The van der Waals surface area contributed by atoms with E-state index in [1.54, 1.807) is 6.08 Å². The summed E-state index contributed by atoms with van der Waals surface area (Å²) in [6, 6.07) is 6.08. The number of aryl methyl sites for hydroxylation is 1. The first-order chi connectivity index (χ1) is 7.13. The van der Waals surface area contributed by atoms with Gasteiger partial charge in [0.05, 0.1) is 0 Å². The van der Waals surface area contributed by atoms with Crippen molar-refractivity contribution in [2.75, 3.05) is 6.61 Å². The van der Waals surface area contributed by atoms with Gasteiger partial charge < -0.3 is 4.74 Å². The molecule has 1 aliphatic rings. The second-order valence-electron chi connectivity index (χ2n) is 4.28. The number of ether oxygens (including phenoxy) is 1. The largest absolute Gasteiger partial charge is 0.491 e. The van der Waals surface area contributed by atoms with Crippen molar-refractivity contribution >= 4 is 6.08 Å². The summed E-state index contributed by atoms with van der Waals surface area (Å²) in [6.45, 7) is 4.38. The lowest BCUT2D eigenvalue weighted by Gasteiger charge is -2.30. The predicted molar refractivity (Wildman–Crippen MR) is 56.9 cm³/mol. The highest BCUT2D eigenvalue weighted by Gasteiger charge is 2.30. The van der Waals surface area contributed by atoms with Gasteiger partial charge in [-0.2, -0.15) is 4.99 Å². The summed E-state index contributed by atoms with van der Waals surface area (Å²) in [6.07, 6.45) is 2.35. The number of benzene rings is 1. The molecule has 0 aromatic heterocycles. The van der Waals surface area contributed by atoms with Crippen molar-refractivity contribution in [1.82, 2.24) is 0 Å². The summed E-state index contributed by atoms with van der Waals surface area (Å²) < 4.78 is 5.60. The molecule has 1 heterocycles. The lowest BCUT2D eigenvalue weighted by atomic mass is 9.91. The highest BCUT2D eigenvalue weighted by molar-refractivity contribution is 5.42. The first kappa shape index (κ1) is 9.94. The smallest absolute Gasteiger partial charge is 0.235 e. The Morgan fingerprint density at radius 3 is 3.07 bits per heavy atom. The second-order valence-corrected chi connectivity index (χ2v) is 4.28. The van der Waals surface area contributed by atoms with Crippen LogP contribution in [0.5, 0.6) is 5.75 Å². The fourth-order valence-electron chi connectivity index (χ4n) is 1.82. The minimum atomic E-state index is -0.454. The first-order valence-corrected chi connectivity index (χ1v) is 4.94. The quantitative estimate of drug-likeness (QED) is 0.517. The number of nitrogens with zero attached hydrogens (tertiary/aromatic N) is 1. The van der Waals surface area contributed by atoms with E-state index in [-0.39, 0.29) is 0 Å². The summed E-state index contributed by atoms with van der Waals surface area (Å²) in [7, 11) is 0. The maximum atomic E-state index is 10.3. The van der Waals surface area contributed by atoms with Gasteiger partial charge in [-0.05, 0) is 31.0 Å². The number of hydrogen-bond acceptors (Lipinski definition) is 3. The van der Waals surface area contributed by atoms with Crippen molar-refractivity contribution < 1.29 is 9.53 Å². The monoisotopic (exact) mass is 203 g/mol. The van der Waals surface area contributed by atoms with Crippen molar-refractivity contribution in [1.29, 1.82) is 0 Å². The molecule has 1 aromatic rings. The van der Waals surface area contributed by atoms with Crippen molar-refractivity contribution in [3.63, 3.8) is 0 Å². The number of isocyanates is 1. The Hall–Kier alpha value is -1.60. The van der Waals surface area contributed by atoms with Crippen LogP contribution in [0.2, 0.25) is 0 Å². The van der Waals surface area contributed by atoms with E-state index in [9.17, 15) is 4.79 Å². The summed E-state index contributed by atoms with van der Waals surface area (Å²) >= 11 is 0. The molecule has 0 N–H and O–H groups in total. The maximum Gasteiger partial charge on any atom is 0.235 e. The molecular formula is C12H13NO2. The molecule has 1 aromatic carbocycles. The summed E-state index contributed by atoms with van der Waals surface area (Å²) in [5.41, 5.74) is 1.83. The summed E-state index contributed by atoms with van der Waals surface area (Å²) in [4.78, 5) is 14.1. The van der Waals surface area contributed by atoms with Crippen molar-refractivity contribution in [3.8, 4) is 5.75 Å². The van der Waals surface area contributed by atoms with Gasteiger partial charge in [-0.25, -0.2) is 4.79 Å². The van der Waals surface area contributed by atoms with E-state index in [0.29, 0.717) is 6.61 Å². The molecule has 78 valence electrons. The standard InChI is InChI=1S/C12H13NO2/c1-9-3-4-10-6-12(2,13-8-14)7-15-11(10)5-9/h3-5H,6-7H2,1-2H3. The molecule has 3 heteroatoms. The Labute approximate surface area is 88.8 Å². The fraction of sp³-hybridized carbons (Fsp3) is 0.417. The zero-order chi connectivity index (χ0) is 10.9. The molecule has 0 bridgehead atoms. The lowest BCUT2D eigenvalue weighted by Crippen LogP contribution is -2.36. The average Bonchev–Trinajstić information content (AvgIpc) is 2.19. The van der Waals surface area contributed by atoms with Gasteiger partial charge >= 0.3 is 0 Å². The van der Waals surface area contributed by atoms with Gasteiger partial charge in [0, 0.05) is 6.42 Å². The molecule has 1 atom stereocenters. The summed E-state index contributed by atoms with van der Waals surface area (Å²) in [5, 5.41) is 0. The number of aliphatic imine (C=N–C) groups is 1. The van der Waals surface area contributed by atoms with E-state index in [0.717, 1.165) is 17.7 Å². The van der Waals surface area contributed by atoms with Gasteiger partial charge in [0.1, 0.15) is 17.9 Å². The van der Waals surface area contributed by atoms with Crippen LogP contribution in [-0.2, 0) is 11.2 Å². The average molecular weight is 203 g/mol. The van der Waals surface area contributed by atoms with E-state index in [1.165, 1.54) is 5.56 Å². The van der Waals surface area contributed by atoms with E-state index in [2.05, 4.69) is 4.99 Å². The lowest BCUT2D eigenvalue weighted by molar-refractivity contribution is 0.205. The minimum Gasteiger partial charge on any atom is -0.491 e. The van der Waals surface area contributed by atoms with Crippen LogP contribution in [0.25, 0.3) is 0 Å². The van der Waals surface area contributed by atoms with Gasteiger partial charge in [0.25, 0.3) is 0 Å². The first-order valence-electron chi connectivity index (χ1n) is 4.94. The van der Waals surface area contributed by atoms with Gasteiger partial charge in [-0.15, -0.1) is 0 Å². The van der Waals surface area contributed by atoms with Crippen LogP contribution in [0.3, 0.4) is 0 Å². The van der Waals surface area contributed by atoms with Crippen molar-refractivity contribution in [2.24, 2.45) is 4.99 Å². The molecule has 0 saturated heterocycles. The fourth-order valence-corrected chi connectivity index (χ4v) is 1.82. The Bertz CT molecular complexity index is 435. The van der Waals surface area contributed by atoms with Gasteiger partial charge in [-0.3, -0.25) is 0 Å². The van der Waals surface area contributed by atoms with Gasteiger partial charge in [0.15, 0.2) is 0 Å². The van der Waals surface area contributed by atoms with E-state index in [1.807, 2.05) is 32.0 Å². The molecule has 0 saturated carbocycles. The molecule has 0 spiro atoms. The molecular weight excluding hydrogens is 190 g/mol. The molecule has 0 radical (unpaired) electrons. The third-order valence-electron chi connectivity index (χ3n) is 2.65. The second kappa shape index (κ2) is 3.52. The van der Waals surface area contributed by atoms with Crippen LogP contribution in [0.15, 0.2) is 23.2 Å². The maximum absolute atomic E-state index is 10.3. The molecule has 15 heavy (non-hydrogen) atoms. The molecule has 0 fully saturated rings. The molecule has 0 aliphatic carbocycles. The highest BCUT2D eigenvalue weighted by atomic mass is 16.5. The number of fused-ring (bicyclic) bond motifs is 1. The molecule has 1 aliphatic heterocycles. The third-order valence-corrected chi connectivity index (χ3v) is 2.65.